The predicted molar refractivity (Wildman–Crippen MR) is 80.0 cm³/mol. The van der Waals surface area contributed by atoms with Gasteiger partial charge in [-0.1, -0.05) is 6.07 Å². The van der Waals surface area contributed by atoms with Crippen LogP contribution in [-0.4, -0.2) is 54.3 Å². The summed E-state index contributed by atoms with van der Waals surface area (Å²) in [7, 11) is 0. The molecule has 6 nitrogen and oxygen atoms in total. The summed E-state index contributed by atoms with van der Waals surface area (Å²) in [5.41, 5.74) is 2.31. The van der Waals surface area contributed by atoms with Crippen LogP contribution in [0.25, 0.3) is 0 Å². The summed E-state index contributed by atoms with van der Waals surface area (Å²) >= 11 is 0. The van der Waals surface area contributed by atoms with E-state index in [0.29, 0.717) is 18.9 Å². The number of amides is 1. The van der Waals surface area contributed by atoms with Crippen LogP contribution in [0.4, 0.5) is 0 Å². The lowest BCUT2D eigenvalue weighted by Gasteiger charge is -2.32. The third-order valence-electron chi connectivity index (χ3n) is 3.80. The second kappa shape index (κ2) is 7.26. The van der Waals surface area contributed by atoms with Gasteiger partial charge in [-0.05, 0) is 37.1 Å². The largest absolute Gasteiger partial charge is 0.493 e. The summed E-state index contributed by atoms with van der Waals surface area (Å²) in [5, 5.41) is 9.11. The second-order valence-electron chi connectivity index (χ2n) is 5.36. The van der Waals surface area contributed by atoms with Crippen molar-refractivity contribution in [1.29, 1.82) is 0 Å². The van der Waals surface area contributed by atoms with E-state index in [2.05, 4.69) is 0 Å². The third kappa shape index (κ3) is 3.98. The number of ether oxygens (including phenoxy) is 2. The minimum Gasteiger partial charge on any atom is -0.493 e. The van der Waals surface area contributed by atoms with Crippen molar-refractivity contribution in [2.45, 2.75) is 26.3 Å². The first-order valence-electron chi connectivity index (χ1n) is 7.29. The first-order chi connectivity index (χ1) is 10.5. The van der Waals surface area contributed by atoms with Crippen LogP contribution >= 0.6 is 0 Å². The molecule has 0 aromatic heterocycles. The number of aliphatic carboxylic acids is 1. The molecule has 1 amide bonds. The van der Waals surface area contributed by atoms with E-state index in [9.17, 15) is 9.59 Å². The van der Waals surface area contributed by atoms with Crippen molar-refractivity contribution >= 4 is 11.9 Å². The highest BCUT2D eigenvalue weighted by atomic mass is 16.5. The first kappa shape index (κ1) is 16.3. The lowest BCUT2D eigenvalue weighted by molar-refractivity contribution is -0.158. The number of aryl methyl sites for hydroxylation is 2. The van der Waals surface area contributed by atoms with Gasteiger partial charge in [0.2, 0.25) is 5.91 Å². The third-order valence-corrected chi connectivity index (χ3v) is 3.80. The van der Waals surface area contributed by atoms with Crippen LogP contribution < -0.4 is 4.74 Å². The minimum absolute atomic E-state index is 0.0408. The average molecular weight is 307 g/mol. The number of hydrogen-bond donors (Lipinski definition) is 1. The molecule has 120 valence electrons. The minimum atomic E-state index is -1.04. The number of morpholine rings is 1. The molecular formula is C16H21NO5. The van der Waals surface area contributed by atoms with Gasteiger partial charge in [0, 0.05) is 6.54 Å². The summed E-state index contributed by atoms with van der Waals surface area (Å²) in [6.07, 6.45) is 0.150. The molecule has 0 radical (unpaired) electrons. The van der Waals surface area contributed by atoms with Crippen molar-refractivity contribution in [1.82, 2.24) is 4.90 Å². The van der Waals surface area contributed by atoms with Crippen LogP contribution in [0.5, 0.6) is 5.75 Å². The van der Waals surface area contributed by atoms with Crippen molar-refractivity contribution in [3.63, 3.8) is 0 Å². The Morgan fingerprint density at radius 1 is 1.36 bits per heavy atom. The maximum atomic E-state index is 12.2. The van der Waals surface area contributed by atoms with Gasteiger partial charge in [0.25, 0.3) is 0 Å². The lowest BCUT2D eigenvalue weighted by Crippen LogP contribution is -2.52. The number of rotatable bonds is 5. The summed E-state index contributed by atoms with van der Waals surface area (Å²) in [4.78, 5) is 24.6. The molecule has 6 heteroatoms. The van der Waals surface area contributed by atoms with Gasteiger partial charge >= 0.3 is 5.97 Å². The zero-order chi connectivity index (χ0) is 16.1. The molecule has 1 aromatic carbocycles. The number of carboxylic acids is 1. The Balaban J connectivity index is 1.86. The van der Waals surface area contributed by atoms with Crippen molar-refractivity contribution in [3.8, 4) is 5.75 Å². The Hall–Kier alpha value is -2.08. The average Bonchev–Trinajstić information content (AvgIpc) is 2.50. The van der Waals surface area contributed by atoms with E-state index >= 15 is 0 Å². The van der Waals surface area contributed by atoms with E-state index in [1.165, 1.54) is 10.5 Å². The number of carbonyl (C=O) groups is 2. The number of hydrogen-bond acceptors (Lipinski definition) is 4. The van der Waals surface area contributed by atoms with Crippen molar-refractivity contribution < 1.29 is 24.2 Å². The van der Waals surface area contributed by atoms with E-state index in [-0.39, 0.29) is 25.5 Å². The lowest BCUT2D eigenvalue weighted by atomic mass is 10.1. The second-order valence-corrected chi connectivity index (χ2v) is 5.36. The molecule has 1 atom stereocenters. The molecule has 0 aliphatic carbocycles. The van der Waals surface area contributed by atoms with E-state index in [4.69, 9.17) is 14.6 Å². The molecule has 22 heavy (non-hydrogen) atoms. The van der Waals surface area contributed by atoms with Crippen molar-refractivity contribution in [3.05, 3.63) is 29.3 Å². The van der Waals surface area contributed by atoms with Gasteiger partial charge in [0.05, 0.1) is 26.2 Å². The Morgan fingerprint density at radius 2 is 2.14 bits per heavy atom. The maximum Gasteiger partial charge on any atom is 0.328 e. The van der Waals surface area contributed by atoms with Crippen LogP contribution in [0.3, 0.4) is 0 Å². The zero-order valence-electron chi connectivity index (χ0n) is 12.9. The standard InChI is InChI=1S/C16H21NO5/c1-11-3-4-13(9-12(11)2)22-7-5-15(18)17-6-8-21-10-14(17)16(19)20/h3-4,9,14H,5-8,10H2,1-2H3,(H,19,20)/t14-/m0/s1. The molecule has 2 rings (SSSR count). The van der Waals surface area contributed by atoms with E-state index < -0.39 is 12.0 Å². The molecule has 0 unspecified atom stereocenters. The van der Waals surface area contributed by atoms with Crippen LogP contribution in [0.15, 0.2) is 18.2 Å². The molecule has 0 saturated carbocycles. The quantitative estimate of drug-likeness (QED) is 0.889. The molecule has 1 saturated heterocycles. The molecule has 0 bridgehead atoms. The van der Waals surface area contributed by atoms with E-state index in [0.717, 1.165) is 5.56 Å². The summed E-state index contributed by atoms with van der Waals surface area (Å²) < 4.78 is 10.7. The molecular weight excluding hydrogens is 286 g/mol. The van der Waals surface area contributed by atoms with Crippen molar-refractivity contribution in [2.75, 3.05) is 26.4 Å². The molecule has 1 aromatic rings. The van der Waals surface area contributed by atoms with Crippen LogP contribution in [0.2, 0.25) is 0 Å². The number of benzene rings is 1. The van der Waals surface area contributed by atoms with Gasteiger partial charge in [-0.2, -0.15) is 0 Å². The fourth-order valence-electron chi connectivity index (χ4n) is 2.31. The Morgan fingerprint density at radius 3 is 2.82 bits per heavy atom. The summed E-state index contributed by atoms with van der Waals surface area (Å²) in [5.74, 6) is -0.546. The fourth-order valence-corrected chi connectivity index (χ4v) is 2.31. The van der Waals surface area contributed by atoms with Crippen LogP contribution in [0.1, 0.15) is 17.5 Å². The normalized spacial score (nSPS) is 18.1. The highest BCUT2D eigenvalue weighted by Crippen LogP contribution is 2.17. The predicted octanol–water partition coefficient (Wildman–Crippen LogP) is 1.38. The highest BCUT2D eigenvalue weighted by molar-refractivity contribution is 5.84. The molecule has 1 fully saturated rings. The van der Waals surface area contributed by atoms with Gasteiger partial charge in [0.15, 0.2) is 6.04 Å². The molecule has 1 N–H and O–H groups in total. The van der Waals surface area contributed by atoms with Crippen LogP contribution in [-0.2, 0) is 14.3 Å². The molecule has 1 aliphatic rings. The summed E-state index contributed by atoms with van der Waals surface area (Å²) in [6, 6.07) is 4.85. The van der Waals surface area contributed by atoms with Gasteiger partial charge in [-0.3, -0.25) is 4.79 Å². The highest BCUT2D eigenvalue weighted by Gasteiger charge is 2.32. The molecule has 0 spiro atoms. The van der Waals surface area contributed by atoms with Gasteiger partial charge < -0.3 is 19.5 Å². The Labute approximate surface area is 129 Å². The SMILES string of the molecule is Cc1ccc(OCCC(=O)N2CCOC[C@H]2C(=O)O)cc1C. The van der Waals surface area contributed by atoms with Gasteiger partial charge in [-0.15, -0.1) is 0 Å². The molecule has 1 aliphatic heterocycles. The summed E-state index contributed by atoms with van der Waals surface area (Å²) in [6.45, 7) is 4.96. The van der Waals surface area contributed by atoms with Crippen LogP contribution in [0, 0.1) is 13.8 Å². The maximum absolute atomic E-state index is 12.2. The Kier molecular flexibility index (Phi) is 5.38. The van der Waals surface area contributed by atoms with Crippen molar-refractivity contribution in [2.24, 2.45) is 0 Å². The fraction of sp³-hybridized carbons (Fsp3) is 0.500. The Bertz CT molecular complexity index is 557. The van der Waals surface area contributed by atoms with E-state index in [1.54, 1.807) is 0 Å². The number of carbonyl (C=O) groups excluding carboxylic acids is 1. The first-order valence-corrected chi connectivity index (χ1v) is 7.29. The van der Waals surface area contributed by atoms with Gasteiger partial charge in [0.1, 0.15) is 5.75 Å². The monoisotopic (exact) mass is 307 g/mol. The van der Waals surface area contributed by atoms with E-state index in [1.807, 2.05) is 32.0 Å². The topological polar surface area (TPSA) is 76.1 Å². The number of carboxylic acid groups (broad SMARTS) is 1. The smallest absolute Gasteiger partial charge is 0.328 e. The zero-order valence-corrected chi connectivity index (χ0v) is 12.9. The number of nitrogens with zero attached hydrogens (tertiary/aromatic N) is 1. The molecule has 1 heterocycles. The van der Waals surface area contributed by atoms with Gasteiger partial charge in [-0.25, -0.2) is 4.79 Å².